The maximum Gasteiger partial charge on any atom is 0.186 e. The van der Waals surface area contributed by atoms with E-state index in [-0.39, 0.29) is 0 Å². The molecule has 22 heavy (non-hydrogen) atoms. The largest absolute Gasteiger partial charge is 0.216 e. The lowest BCUT2D eigenvalue weighted by Crippen LogP contribution is -2.06. The molecule has 0 radical (unpaired) electrons. The second-order valence-corrected chi connectivity index (χ2v) is 5.29. The van der Waals surface area contributed by atoms with Crippen LogP contribution in [0.4, 0.5) is 0 Å². The van der Waals surface area contributed by atoms with E-state index in [0.29, 0.717) is 12.1 Å². The van der Waals surface area contributed by atoms with E-state index in [1.165, 1.54) is 5.56 Å². The van der Waals surface area contributed by atoms with Crippen molar-refractivity contribution in [1.82, 2.24) is 15.0 Å². The third-order valence-corrected chi connectivity index (χ3v) is 3.89. The predicted molar refractivity (Wildman–Crippen MR) is 84.8 cm³/mol. The molecule has 1 aromatic heterocycles. The summed E-state index contributed by atoms with van der Waals surface area (Å²) in [6.07, 6.45) is 0.629. The molecule has 0 saturated carbocycles. The number of hydrogen-bond acceptors (Lipinski definition) is 3. The third kappa shape index (κ3) is 2.49. The summed E-state index contributed by atoms with van der Waals surface area (Å²) < 4.78 is 1.79. The molecule has 3 rings (SSSR count). The second-order valence-electron chi connectivity index (χ2n) is 5.29. The number of aromatic nitrogens is 3. The highest BCUT2D eigenvalue weighted by molar-refractivity contribution is 5.47. The summed E-state index contributed by atoms with van der Waals surface area (Å²) in [5.41, 5.74) is 5.64. The Labute approximate surface area is 129 Å². The second kappa shape index (κ2) is 5.82. The van der Waals surface area contributed by atoms with Crippen molar-refractivity contribution < 1.29 is 0 Å². The molecule has 0 unspecified atom stereocenters. The van der Waals surface area contributed by atoms with Crippen LogP contribution in [0.1, 0.15) is 28.1 Å². The predicted octanol–water partition coefficient (Wildman–Crippen LogP) is 3.35. The van der Waals surface area contributed by atoms with Crippen molar-refractivity contribution in [3.05, 3.63) is 76.6 Å². The molecule has 1 heterocycles. The minimum atomic E-state index is 0.379. The van der Waals surface area contributed by atoms with Gasteiger partial charge in [-0.2, -0.15) is 5.26 Å². The molecule has 0 fully saturated rings. The summed E-state index contributed by atoms with van der Waals surface area (Å²) in [4.78, 5) is 0. The van der Waals surface area contributed by atoms with Gasteiger partial charge in [-0.3, -0.25) is 0 Å². The minimum Gasteiger partial charge on any atom is -0.216 e. The molecule has 0 aliphatic carbocycles. The van der Waals surface area contributed by atoms with Gasteiger partial charge in [0, 0.05) is 6.42 Å². The first-order chi connectivity index (χ1) is 10.7. The lowest BCUT2D eigenvalue weighted by atomic mass is 10.1. The average Bonchev–Trinajstić information content (AvgIpc) is 2.93. The van der Waals surface area contributed by atoms with Gasteiger partial charge in [-0.15, -0.1) is 5.10 Å². The van der Waals surface area contributed by atoms with Crippen LogP contribution in [-0.2, 0) is 6.42 Å². The Kier molecular flexibility index (Phi) is 3.71. The number of nitrogens with zero attached hydrogens (tertiary/aromatic N) is 4. The van der Waals surface area contributed by atoms with Crippen LogP contribution in [0.2, 0.25) is 0 Å². The van der Waals surface area contributed by atoms with Crippen LogP contribution in [0, 0.1) is 25.2 Å². The molecular weight excluding hydrogens is 272 g/mol. The quantitative estimate of drug-likeness (QED) is 0.742. The lowest BCUT2D eigenvalue weighted by Gasteiger charge is -2.11. The molecular formula is C18H16N4. The van der Waals surface area contributed by atoms with Crippen LogP contribution in [0.5, 0.6) is 0 Å². The monoisotopic (exact) mass is 288 g/mol. The number of rotatable bonds is 3. The van der Waals surface area contributed by atoms with Gasteiger partial charge in [0.2, 0.25) is 0 Å². The van der Waals surface area contributed by atoms with E-state index in [1.807, 2.05) is 42.5 Å². The Bertz CT molecular complexity index is 841. The van der Waals surface area contributed by atoms with Crippen LogP contribution in [-0.4, -0.2) is 15.0 Å². The first-order valence-corrected chi connectivity index (χ1v) is 7.16. The topological polar surface area (TPSA) is 54.5 Å². The Morgan fingerprint density at radius 3 is 2.55 bits per heavy atom. The van der Waals surface area contributed by atoms with Crippen molar-refractivity contribution in [1.29, 1.82) is 5.26 Å². The van der Waals surface area contributed by atoms with Crippen molar-refractivity contribution in [2.75, 3.05) is 0 Å². The lowest BCUT2D eigenvalue weighted by molar-refractivity contribution is 0.767. The third-order valence-electron chi connectivity index (χ3n) is 3.89. The highest BCUT2D eigenvalue weighted by atomic mass is 15.4. The molecule has 108 valence electrons. The number of aryl methyl sites for hydroxylation is 1. The Hall–Kier alpha value is -2.93. The SMILES string of the molecule is Cc1cccc(-n2nnc(C#N)c2Cc2ccccc2)c1C. The number of benzene rings is 2. The van der Waals surface area contributed by atoms with Crippen molar-refractivity contribution in [2.24, 2.45) is 0 Å². The summed E-state index contributed by atoms with van der Waals surface area (Å²) in [6, 6.07) is 18.3. The van der Waals surface area contributed by atoms with Crippen LogP contribution in [0.15, 0.2) is 48.5 Å². The number of hydrogen-bond donors (Lipinski definition) is 0. The van der Waals surface area contributed by atoms with Gasteiger partial charge in [-0.05, 0) is 36.6 Å². The normalized spacial score (nSPS) is 10.4. The van der Waals surface area contributed by atoms with Crippen LogP contribution in [0.3, 0.4) is 0 Å². The van der Waals surface area contributed by atoms with E-state index < -0.39 is 0 Å². The van der Waals surface area contributed by atoms with Gasteiger partial charge >= 0.3 is 0 Å². The fraction of sp³-hybridized carbons (Fsp3) is 0.167. The first kappa shape index (κ1) is 14.0. The average molecular weight is 288 g/mol. The highest BCUT2D eigenvalue weighted by Crippen LogP contribution is 2.21. The zero-order valence-electron chi connectivity index (χ0n) is 12.6. The Morgan fingerprint density at radius 1 is 1.05 bits per heavy atom. The summed E-state index contributed by atoms with van der Waals surface area (Å²) in [6.45, 7) is 4.13. The fourth-order valence-corrected chi connectivity index (χ4v) is 2.49. The van der Waals surface area contributed by atoms with Crippen molar-refractivity contribution in [3.63, 3.8) is 0 Å². The van der Waals surface area contributed by atoms with E-state index in [1.54, 1.807) is 4.68 Å². The van der Waals surface area contributed by atoms with Gasteiger partial charge in [0.15, 0.2) is 5.69 Å². The Morgan fingerprint density at radius 2 is 1.82 bits per heavy atom. The maximum atomic E-state index is 9.31. The molecule has 0 N–H and O–H groups in total. The zero-order chi connectivity index (χ0) is 15.5. The first-order valence-electron chi connectivity index (χ1n) is 7.16. The molecule has 0 atom stereocenters. The summed E-state index contributed by atoms with van der Waals surface area (Å²) in [7, 11) is 0. The molecule has 0 aliphatic heterocycles. The van der Waals surface area contributed by atoms with E-state index in [2.05, 4.69) is 36.3 Å². The number of nitriles is 1. The summed E-state index contributed by atoms with van der Waals surface area (Å²) >= 11 is 0. The standard InChI is InChI=1S/C18H16N4/c1-13-7-6-10-17(14(13)2)22-18(16(12-19)20-21-22)11-15-8-4-3-5-9-15/h3-10H,11H2,1-2H3. The van der Waals surface area contributed by atoms with Crippen LogP contribution >= 0.6 is 0 Å². The smallest absolute Gasteiger partial charge is 0.186 e. The van der Waals surface area contributed by atoms with Gasteiger partial charge in [0.05, 0.1) is 11.4 Å². The van der Waals surface area contributed by atoms with Crippen molar-refractivity contribution in [3.8, 4) is 11.8 Å². The van der Waals surface area contributed by atoms with Gasteiger partial charge < -0.3 is 0 Å². The minimum absolute atomic E-state index is 0.379. The van der Waals surface area contributed by atoms with Crippen LogP contribution in [0.25, 0.3) is 5.69 Å². The molecule has 0 aliphatic rings. The Balaban J connectivity index is 2.12. The summed E-state index contributed by atoms with van der Waals surface area (Å²) in [5.74, 6) is 0. The molecule has 3 aromatic rings. The van der Waals surface area contributed by atoms with Gasteiger partial charge in [0.25, 0.3) is 0 Å². The molecule has 4 heteroatoms. The fourth-order valence-electron chi connectivity index (χ4n) is 2.49. The van der Waals surface area contributed by atoms with E-state index in [0.717, 1.165) is 22.5 Å². The molecule has 0 amide bonds. The van der Waals surface area contributed by atoms with Crippen molar-refractivity contribution in [2.45, 2.75) is 20.3 Å². The van der Waals surface area contributed by atoms with Gasteiger partial charge in [-0.25, -0.2) is 4.68 Å². The highest BCUT2D eigenvalue weighted by Gasteiger charge is 2.16. The van der Waals surface area contributed by atoms with E-state index in [4.69, 9.17) is 0 Å². The molecule has 0 saturated heterocycles. The van der Waals surface area contributed by atoms with Gasteiger partial charge in [-0.1, -0.05) is 47.7 Å². The van der Waals surface area contributed by atoms with E-state index in [9.17, 15) is 5.26 Å². The molecule has 0 spiro atoms. The van der Waals surface area contributed by atoms with Crippen molar-refractivity contribution >= 4 is 0 Å². The van der Waals surface area contributed by atoms with Crippen LogP contribution < -0.4 is 0 Å². The zero-order valence-corrected chi connectivity index (χ0v) is 12.6. The maximum absolute atomic E-state index is 9.31. The molecule has 4 nitrogen and oxygen atoms in total. The van der Waals surface area contributed by atoms with Gasteiger partial charge in [0.1, 0.15) is 6.07 Å². The molecule has 0 bridgehead atoms. The van der Waals surface area contributed by atoms with E-state index >= 15 is 0 Å². The summed E-state index contributed by atoms with van der Waals surface area (Å²) in [5, 5.41) is 17.5. The molecule has 2 aromatic carbocycles.